The van der Waals surface area contributed by atoms with Gasteiger partial charge in [0, 0.05) is 5.92 Å². The molecule has 0 saturated carbocycles. The van der Waals surface area contributed by atoms with Crippen molar-refractivity contribution in [3.05, 3.63) is 12.2 Å². The van der Waals surface area contributed by atoms with Crippen LogP contribution < -0.4 is 0 Å². The monoisotopic (exact) mass is 144 g/mol. The molecule has 0 bridgehead atoms. The summed E-state index contributed by atoms with van der Waals surface area (Å²) in [4.78, 5) is 10.1. The van der Waals surface area contributed by atoms with Crippen LogP contribution in [0.2, 0.25) is 0 Å². The maximum atomic E-state index is 10.1. The van der Waals surface area contributed by atoms with Crippen LogP contribution in [0, 0.1) is 5.92 Å². The third-order valence-electron chi connectivity index (χ3n) is 1.25. The number of allylic oxidation sites excluding steroid dienone is 1. The van der Waals surface area contributed by atoms with Gasteiger partial charge in [-0.25, -0.2) is 4.79 Å². The molecule has 0 heterocycles. The molecular formula is C7H12O3. The predicted octanol–water partition coefficient (Wildman–Crippen LogP) is 0.644. The lowest BCUT2D eigenvalue weighted by Gasteiger charge is -2.08. The number of aliphatic carboxylic acids is 1. The summed E-state index contributed by atoms with van der Waals surface area (Å²) in [5.41, 5.74) is 0. The first-order valence-corrected chi connectivity index (χ1v) is 3.13. The van der Waals surface area contributed by atoms with Crippen LogP contribution >= 0.6 is 0 Å². The number of carboxylic acids is 1. The van der Waals surface area contributed by atoms with Crippen molar-refractivity contribution in [2.45, 2.75) is 20.0 Å². The van der Waals surface area contributed by atoms with Crippen LogP contribution in [-0.4, -0.2) is 22.3 Å². The lowest BCUT2D eigenvalue weighted by molar-refractivity contribution is -0.148. The third kappa shape index (κ3) is 2.64. The zero-order chi connectivity index (χ0) is 8.15. The first-order chi connectivity index (χ1) is 4.59. The van der Waals surface area contributed by atoms with Crippen molar-refractivity contribution in [3.8, 4) is 0 Å². The highest BCUT2D eigenvalue weighted by Gasteiger charge is 2.18. The standard InChI is InChI=1S/C7H12O3/c1-3-4-5(2)6(8)7(9)10/h3-6,8H,1-2H3,(H,9,10)/b4-3-/t5-,6+/m1/s1. The third-order valence-corrected chi connectivity index (χ3v) is 1.25. The van der Waals surface area contributed by atoms with E-state index < -0.39 is 12.1 Å². The van der Waals surface area contributed by atoms with E-state index in [4.69, 9.17) is 10.2 Å². The molecule has 3 heteroatoms. The molecule has 0 aromatic heterocycles. The van der Waals surface area contributed by atoms with Crippen molar-refractivity contribution >= 4 is 5.97 Å². The van der Waals surface area contributed by atoms with Crippen LogP contribution in [0.1, 0.15) is 13.8 Å². The molecule has 3 nitrogen and oxygen atoms in total. The van der Waals surface area contributed by atoms with Crippen molar-refractivity contribution in [2.75, 3.05) is 0 Å². The highest BCUT2D eigenvalue weighted by molar-refractivity contribution is 5.72. The first-order valence-electron chi connectivity index (χ1n) is 3.13. The molecule has 10 heavy (non-hydrogen) atoms. The molecule has 0 aliphatic heterocycles. The molecule has 0 rings (SSSR count). The molecule has 2 atom stereocenters. The molecule has 2 N–H and O–H groups in total. The summed E-state index contributed by atoms with van der Waals surface area (Å²) in [5, 5.41) is 17.2. The second-order valence-electron chi connectivity index (χ2n) is 2.17. The Bertz CT molecular complexity index is 140. The van der Waals surface area contributed by atoms with E-state index in [0.29, 0.717) is 0 Å². The molecule has 0 aliphatic carbocycles. The van der Waals surface area contributed by atoms with Crippen LogP contribution in [0.15, 0.2) is 12.2 Å². The normalized spacial score (nSPS) is 17.1. The minimum absolute atomic E-state index is 0.317. The lowest BCUT2D eigenvalue weighted by atomic mass is 10.1. The van der Waals surface area contributed by atoms with Gasteiger partial charge in [-0.15, -0.1) is 0 Å². The number of hydrogen-bond donors (Lipinski definition) is 2. The van der Waals surface area contributed by atoms with E-state index in [1.54, 1.807) is 26.0 Å². The van der Waals surface area contributed by atoms with Gasteiger partial charge >= 0.3 is 5.97 Å². The second kappa shape index (κ2) is 4.06. The SMILES string of the molecule is C/C=C\[C@@H](C)[C@H](O)C(=O)O. The topological polar surface area (TPSA) is 57.5 Å². The van der Waals surface area contributed by atoms with Gasteiger partial charge in [0.2, 0.25) is 0 Å². The van der Waals surface area contributed by atoms with Gasteiger partial charge in [-0.3, -0.25) is 0 Å². The highest BCUT2D eigenvalue weighted by atomic mass is 16.4. The fraction of sp³-hybridized carbons (Fsp3) is 0.571. The van der Waals surface area contributed by atoms with Crippen LogP contribution in [0.3, 0.4) is 0 Å². The quantitative estimate of drug-likeness (QED) is 0.571. The predicted molar refractivity (Wildman–Crippen MR) is 37.6 cm³/mol. The average molecular weight is 144 g/mol. The van der Waals surface area contributed by atoms with E-state index in [1.807, 2.05) is 0 Å². The van der Waals surface area contributed by atoms with Crippen LogP contribution in [0.4, 0.5) is 0 Å². The fourth-order valence-electron chi connectivity index (χ4n) is 0.634. The van der Waals surface area contributed by atoms with Gasteiger partial charge in [0.05, 0.1) is 0 Å². The Kier molecular flexibility index (Phi) is 3.72. The molecule has 0 amide bonds. The van der Waals surface area contributed by atoms with Crippen molar-refractivity contribution in [2.24, 2.45) is 5.92 Å². The number of carboxylic acid groups (broad SMARTS) is 1. The summed E-state index contributed by atoms with van der Waals surface area (Å²) in [6.45, 7) is 3.43. The Morgan fingerprint density at radius 3 is 2.40 bits per heavy atom. The van der Waals surface area contributed by atoms with Crippen molar-refractivity contribution in [1.82, 2.24) is 0 Å². The Morgan fingerprint density at radius 2 is 2.10 bits per heavy atom. The molecule has 0 aromatic carbocycles. The first kappa shape index (κ1) is 9.17. The van der Waals surface area contributed by atoms with E-state index in [-0.39, 0.29) is 5.92 Å². The maximum Gasteiger partial charge on any atom is 0.333 e. The van der Waals surface area contributed by atoms with Crippen molar-refractivity contribution in [3.63, 3.8) is 0 Å². The van der Waals surface area contributed by atoms with E-state index >= 15 is 0 Å². The summed E-state index contributed by atoms with van der Waals surface area (Å²) in [5.74, 6) is -1.49. The van der Waals surface area contributed by atoms with Gasteiger partial charge in [0.1, 0.15) is 0 Å². The van der Waals surface area contributed by atoms with Gasteiger partial charge in [0.25, 0.3) is 0 Å². The van der Waals surface area contributed by atoms with Gasteiger partial charge in [-0.05, 0) is 6.92 Å². The summed E-state index contributed by atoms with van der Waals surface area (Å²) in [6, 6.07) is 0. The van der Waals surface area contributed by atoms with Gasteiger partial charge in [0.15, 0.2) is 6.10 Å². The van der Waals surface area contributed by atoms with Gasteiger partial charge in [-0.2, -0.15) is 0 Å². The molecule has 0 unspecified atom stereocenters. The summed E-state index contributed by atoms with van der Waals surface area (Å²) in [7, 11) is 0. The Balaban J connectivity index is 3.93. The van der Waals surface area contributed by atoms with Gasteiger partial charge in [-0.1, -0.05) is 19.1 Å². The van der Waals surface area contributed by atoms with Crippen LogP contribution in [0.5, 0.6) is 0 Å². The highest BCUT2D eigenvalue weighted by Crippen LogP contribution is 2.03. The molecule has 0 saturated heterocycles. The van der Waals surface area contributed by atoms with E-state index in [1.165, 1.54) is 0 Å². The molecule has 0 aliphatic rings. The van der Waals surface area contributed by atoms with Crippen molar-refractivity contribution < 1.29 is 15.0 Å². The number of aliphatic hydroxyl groups excluding tert-OH is 1. The smallest absolute Gasteiger partial charge is 0.333 e. The fourth-order valence-corrected chi connectivity index (χ4v) is 0.634. The van der Waals surface area contributed by atoms with Crippen LogP contribution in [0.25, 0.3) is 0 Å². The largest absolute Gasteiger partial charge is 0.479 e. The Labute approximate surface area is 60.0 Å². The van der Waals surface area contributed by atoms with E-state index in [0.717, 1.165) is 0 Å². The molecule has 0 radical (unpaired) electrons. The molecule has 58 valence electrons. The zero-order valence-corrected chi connectivity index (χ0v) is 6.11. The molecule has 0 aromatic rings. The number of aliphatic hydroxyl groups is 1. The van der Waals surface area contributed by atoms with Gasteiger partial charge < -0.3 is 10.2 Å². The van der Waals surface area contributed by atoms with E-state index in [2.05, 4.69) is 0 Å². The molecule has 0 spiro atoms. The number of hydrogen-bond acceptors (Lipinski definition) is 2. The maximum absolute atomic E-state index is 10.1. The summed E-state index contributed by atoms with van der Waals surface area (Å²) < 4.78 is 0. The zero-order valence-electron chi connectivity index (χ0n) is 6.11. The minimum atomic E-state index is -1.28. The second-order valence-corrected chi connectivity index (χ2v) is 2.17. The summed E-state index contributed by atoms with van der Waals surface area (Å²) in [6.07, 6.45) is 2.09. The number of rotatable bonds is 3. The molecular weight excluding hydrogens is 132 g/mol. The minimum Gasteiger partial charge on any atom is -0.479 e. The Hall–Kier alpha value is -0.830. The van der Waals surface area contributed by atoms with Crippen molar-refractivity contribution in [1.29, 1.82) is 0 Å². The lowest BCUT2D eigenvalue weighted by Crippen LogP contribution is -2.25. The number of carbonyl (C=O) groups is 1. The Morgan fingerprint density at radius 1 is 1.60 bits per heavy atom. The van der Waals surface area contributed by atoms with Crippen LogP contribution in [-0.2, 0) is 4.79 Å². The summed E-state index contributed by atoms with van der Waals surface area (Å²) >= 11 is 0. The van der Waals surface area contributed by atoms with E-state index in [9.17, 15) is 4.79 Å². The molecule has 0 fully saturated rings. The average Bonchev–Trinajstić information content (AvgIpc) is 1.87.